The normalized spacial score (nSPS) is 14.3. The summed E-state index contributed by atoms with van der Waals surface area (Å²) in [6.45, 7) is 1.92. The second-order valence-electron chi connectivity index (χ2n) is 5.62. The number of likely N-dealkylation sites (N-methyl/N-ethyl adjacent to an activating group) is 1. The lowest BCUT2D eigenvalue weighted by Crippen LogP contribution is -2.35. The van der Waals surface area contributed by atoms with E-state index in [2.05, 4.69) is 0 Å². The molecule has 0 saturated carbocycles. The molecule has 0 atom stereocenters. The summed E-state index contributed by atoms with van der Waals surface area (Å²) in [6, 6.07) is 12.0. The van der Waals surface area contributed by atoms with E-state index >= 15 is 0 Å². The number of carbonyl (C=O) groups is 1. The van der Waals surface area contributed by atoms with Gasteiger partial charge in [0.05, 0.1) is 16.3 Å². The number of rotatable bonds is 3. The second-order valence-corrected chi connectivity index (χ2v) is 7.61. The number of aryl methyl sites for hydroxylation is 1. The zero-order valence-electron chi connectivity index (χ0n) is 12.9. The van der Waals surface area contributed by atoms with E-state index in [0.29, 0.717) is 11.4 Å². The van der Waals surface area contributed by atoms with E-state index in [1.807, 2.05) is 31.2 Å². The molecule has 0 spiro atoms. The highest BCUT2D eigenvalue weighted by Gasteiger charge is 2.25. The first-order chi connectivity index (χ1) is 10.9. The first kappa shape index (κ1) is 15.6. The molecule has 2 aromatic carbocycles. The molecule has 1 aliphatic heterocycles. The molecule has 2 aromatic rings. The van der Waals surface area contributed by atoms with Crippen LogP contribution in [0.1, 0.15) is 11.1 Å². The SMILES string of the molecule is Cc1ccc(CS(=O)(=O)c2ccc3c(c2)N(C)C(=O)CO3)cc1. The predicted octanol–water partition coefficient (Wildman–Crippen LogP) is 2.32. The van der Waals surface area contributed by atoms with Gasteiger partial charge in [0.1, 0.15) is 5.75 Å². The van der Waals surface area contributed by atoms with Crippen LogP contribution in [0.25, 0.3) is 0 Å². The summed E-state index contributed by atoms with van der Waals surface area (Å²) in [7, 11) is -1.88. The van der Waals surface area contributed by atoms with Gasteiger partial charge in [-0.15, -0.1) is 0 Å². The summed E-state index contributed by atoms with van der Waals surface area (Å²) >= 11 is 0. The van der Waals surface area contributed by atoms with Crippen LogP contribution in [0.3, 0.4) is 0 Å². The summed E-state index contributed by atoms with van der Waals surface area (Å²) in [5.41, 5.74) is 2.29. The Morgan fingerprint density at radius 1 is 1.13 bits per heavy atom. The zero-order valence-corrected chi connectivity index (χ0v) is 13.8. The van der Waals surface area contributed by atoms with Gasteiger partial charge in [0.15, 0.2) is 16.4 Å². The van der Waals surface area contributed by atoms with Crippen molar-refractivity contribution < 1.29 is 17.9 Å². The van der Waals surface area contributed by atoms with Gasteiger partial charge in [0.25, 0.3) is 5.91 Å². The summed E-state index contributed by atoms with van der Waals surface area (Å²) in [5, 5.41) is 0. The highest BCUT2D eigenvalue weighted by Crippen LogP contribution is 2.34. The van der Waals surface area contributed by atoms with Crippen LogP contribution in [0.2, 0.25) is 0 Å². The second kappa shape index (κ2) is 5.70. The van der Waals surface area contributed by atoms with Gasteiger partial charge >= 0.3 is 0 Å². The maximum absolute atomic E-state index is 12.6. The van der Waals surface area contributed by atoms with Gasteiger partial charge in [0.2, 0.25) is 0 Å². The molecular formula is C17H17NO4S. The standard InChI is InChI=1S/C17H17NO4S/c1-12-3-5-13(6-4-12)11-23(20,21)14-7-8-16-15(9-14)18(2)17(19)10-22-16/h3-9H,10-11H2,1-2H3. The number of fused-ring (bicyclic) bond motifs is 1. The molecule has 120 valence electrons. The van der Waals surface area contributed by atoms with Crippen molar-refractivity contribution in [3.8, 4) is 5.75 Å². The van der Waals surface area contributed by atoms with E-state index in [1.165, 1.54) is 17.0 Å². The fourth-order valence-electron chi connectivity index (χ4n) is 2.43. The molecule has 0 bridgehead atoms. The molecule has 1 aliphatic rings. The summed E-state index contributed by atoms with van der Waals surface area (Å²) in [4.78, 5) is 13.3. The number of hydrogen-bond acceptors (Lipinski definition) is 4. The van der Waals surface area contributed by atoms with Gasteiger partial charge in [-0.05, 0) is 30.7 Å². The molecule has 5 nitrogen and oxygen atoms in total. The Balaban J connectivity index is 1.94. The molecule has 0 unspecified atom stereocenters. The van der Waals surface area contributed by atoms with Crippen molar-refractivity contribution >= 4 is 21.4 Å². The van der Waals surface area contributed by atoms with Crippen molar-refractivity contribution in [2.75, 3.05) is 18.6 Å². The lowest BCUT2D eigenvalue weighted by Gasteiger charge is -2.26. The first-order valence-electron chi connectivity index (χ1n) is 7.18. The highest BCUT2D eigenvalue weighted by atomic mass is 32.2. The Kier molecular flexibility index (Phi) is 3.85. The molecule has 1 heterocycles. The van der Waals surface area contributed by atoms with E-state index in [1.54, 1.807) is 13.1 Å². The van der Waals surface area contributed by atoms with Crippen LogP contribution in [-0.4, -0.2) is 28.0 Å². The molecule has 6 heteroatoms. The molecule has 0 saturated heterocycles. The van der Waals surface area contributed by atoms with E-state index in [9.17, 15) is 13.2 Å². The van der Waals surface area contributed by atoms with Gasteiger partial charge in [-0.25, -0.2) is 8.42 Å². The predicted molar refractivity (Wildman–Crippen MR) is 87.4 cm³/mol. The van der Waals surface area contributed by atoms with Crippen molar-refractivity contribution in [2.24, 2.45) is 0 Å². The summed E-state index contributed by atoms with van der Waals surface area (Å²) < 4.78 is 30.6. The van der Waals surface area contributed by atoms with Crippen LogP contribution in [0.4, 0.5) is 5.69 Å². The van der Waals surface area contributed by atoms with E-state index in [4.69, 9.17) is 4.74 Å². The van der Waals surface area contributed by atoms with Crippen molar-refractivity contribution in [3.63, 3.8) is 0 Å². The van der Waals surface area contributed by atoms with Crippen molar-refractivity contribution in [1.82, 2.24) is 0 Å². The minimum atomic E-state index is -3.49. The maximum atomic E-state index is 12.6. The quantitative estimate of drug-likeness (QED) is 0.866. The van der Waals surface area contributed by atoms with E-state index in [0.717, 1.165) is 11.1 Å². The van der Waals surface area contributed by atoms with Crippen LogP contribution in [0.15, 0.2) is 47.4 Å². The van der Waals surface area contributed by atoms with Crippen LogP contribution < -0.4 is 9.64 Å². The van der Waals surface area contributed by atoms with Gasteiger partial charge in [0, 0.05) is 7.05 Å². The van der Waals surface area contributed by atoms with Gasteiger partial charge in [-0.1, -0.05) is 29.8 Å². The third-order valence-electron chi connectivity index (χ3n) is 3.85. The first-order valence-corrected chi connectivity index (χ1v) is 8.84. The average molecular weight is 331 g/mol. The van der Waals surface area contributed by atoms with Crippen molar-refractivity contribution in [3.05, 3.63) is 53.6 Å². The van der Waals surface area contributed by atoms with E-state index in [-0.39, 0.29) is 23.2 Å². The van der Waals surface area contributed by atoms with Crippen molar-refractivity contribution in [2.45, 2.75) is 17.6 Å². The third-order valence-corrected chi connectivity index (χ3v) is 5.54. The molecule has 0 aromatic heterocycles. The summed E-state index contributed by atoms with van der Waals surface area (Å²) in [6.07, 6.45) is 0. The van der Waals surface area contributed by atoms with Crippen LogP contribution in [0, 0.1) is 6.92 Å². The summed E-state index contributed by atoms with van der Waals surface area (Å²) in [5.74, 6) is 0.233. The topological polar surface area (TPSA) is 63.7 Å². The minimum Gasteiger partial charge on any atom is -0.482 e. The molecule has 0 radical (unpaired) electrons. The van der Waals surface area contributed by atoms with Crippen LogP contribution >= 0.6 is 0 Å². The van der Waals surface area contributed by atoms with Gasteiger partial charge < -0.3 is 9.64 Å². The molecule has 0 aliphatic carbocycles. The Bertz CT molecular complexity index is 857. The Morgan fingerprint density at radius 2 is 1.83 bits per heavy atom. The number of ether oxygens (including phenoxy) is 1. The number of anilines is 1. The van der Waals surface area contributed by atoms with E-state index < -0.39 is 9.84 Å². The number of benzene rings is 2. The number of carbonyl (C=O) groups excluding carboxylic acids is 1. The minimum absolute atomic E-state index is 0.0288. The number of hydrogen-bond donors (Lipinski definition) is 0. The Morgan fingerprint density at radius 3 is 2.52 bits per heavy atom. The van der Waals surface area contributed by atoms with Gasteiger partial charge in [-0.3, -0.25) is 4.79 Å². The van der Waals surface area contributed by atoms with Crippen LogP contribution in [-0.2, 0) is 20.4 Å². The highest BCUT2D eigenvalue weighted by molar-refractivity contribution is 7.90. The number of nitrogens with zero attached hydrogens (tertiary/aromatic N) is 1. The molecule has 0 N–H and O–H groups in total. The smallest absolute Gasteiger partial charge is 0.264 e. The fraction of sp³-hybridized carbons (Fsp3) is 0.235. The lowest BCUT2D eigenvalue weighted by atomic mass is 10.2. The molecule has 3 rings (SSSR count). The van der Waals surface area contributed by atoms with Crippen LogP contribution in [0.5, 0.6) is 5.75 Å². The molecule has 1 amide bonds. The largest absolute Gasteiger partial charge is 0.482 e. The average Bonchev–Trinajstić information content (AvgIpc) is 2.53. The number of amides is 1. The fourth-order valence-corrected chi connectivity index (χ4v) is 3.80. The maximum Gasteiger partial charge on any atom is 0.264 e. The Labute approximate surface area is 135 Å². The molecule has 0 fully saturated rings. The Hall–Kier alpha value is -2.34. The molecule has 23 heavy (non-hydrogen) atoms. The van der Waals surface area contributed by atoms with Gasteiger partial charge in [-0.2, -0.15) is 0 Å². The third kappa shape index (κ3) is 3.07. The molecular weight excluding hydrogens is 314 g/mol. The monoisotopic (exact) mass is 331 g/mol. The number of sulfone groups is 1. The lowest BCUT2D eigenvalue weighted by molar-refractivity contribution is -0.120. The van der Waals surface area contributed by atoms with Crippen molar-refractivity contribution in [1.29, 1.82) is 0 Å². The zero-order chi connectivity index (χ0) is 16.6.